The molecule has 0 spiro atoms. The molecule has 0 aromatic heterocycles. The van der Waals surface area contributed by atoms with Crippen molar-refractivity contribution in [3.63, 3.8) is 0 Å². The molecule has 0 unspecified atom stereocenters. The fraction of sp³-hybridized carbons (Fsp3) is 0.667. The summed E-state index contributed by atoms with van der Waals surface area (Å²) in [4.78, 5) is 0. The van der Waals surface area contributed by atoms with E-state index in [1.807, 2.05) is 0 Å². The highest BCUT2D eigenvalue weighted by molar-refractivity contribution is 9.10. The Balaban J connectivity index is 2.52. The Morgan fingerprint density at radius 1 is 0.857 bits per heavy atom. The second kappa shape index (κ2) is 11.2. The van der Waals surface area contributed by atoms with E-state index in [1.165, 1.54) is 61.4 Å². The van der Waals surface area contributed by atoms with E-state index in [1.54, 1.807) is 0 Å². The normalized spacial score (nSPS) is 11.8. The molecule has 0 aliphatic carbocycles. The summed E-state index contributed by atoms with van der Waals surface area (Å²) in [5, 5.41) is 2.01. The van der Waals surface area contributed by atoms with Gasteiger partial charge in [0.05, 0.1) is 0 Å². The van der Waals surface area contributed by atoms with Crippen LogP contribution in [0.25, 0.3) is 0 Å². The second-order valence-corrected chi connectivity index (χ2v) is 7.87. The summed E-state index contributed by atoms with van der Waals surface area (Å²) < 4.78 is 1.23. The van der Waals surface area contributed by atoms with Crippen molar-refractivity contribution in [1.82, 2.24) is 0 Å². The zero-order valence-corrected chi connectivity index (χ0v) is 17.8. The minimum absolute atomic E-state index is 0.198. The largest absolute Gasteiger partial charge is 0.0918 e. The van der Waals surface area contributed by atoms with E-state index in [0.717, 1.165) is 10.7 Å². The van der Waals surface area contributed by atoms with Gasteiger partial charge in [0.25, 0.3) is 0 Å². The Labute approximate surface area is 155 Å². The fourth-order valence-electron chi connectivity index (χ4n) is 2.76. The molecule has 1 aromatic carbocycles. The summed E-state index contributed by atoms with van der Waals surface area (Å²) >= 11 is 11.2. The van der Waals surface area contributed by atoms with Crippen LogP contribution in [0, 0.1) is 0 Å². The lowest BCUT2D eigenvalue weighted by Gasteiger charge is -2.32. The molecule has 1 rings (SSSR count). The highest BCUT2D eigenvalue weighted by Gasteiger charge is 2.31. The number of hydrogen-bond donors (Lipinski definition) is 0. The summed E-state index contributed by atoms with van der Waals surface area (Å²) in [6, 6.07) is 8.65. The van der Waals surface area contributed by atoms with Crippen molar-refractivity contribution in [3.8, 4) is 0 Å². The maximum absolute atomic E-state index is 3.76. The van der Waals surface area contributed by atoms with Crippen LogP contribution in [0.15, 0.2) is 28.7 Å². The van der Waals surface area contributed by atoms with Crippen LogP contribution in [0.3, 0.4) is 0 Å². The van der Waals surface area contributed by atoms with Crippen LogP contribution in [-0.2, 0) is 5.41 Å². The fourth-order valence-corrected chi connectivity index (χ4v) is 5.56. The van der Waals surface area contributed by atoms with Gasteiger partial charge >= 0.3 is 0 Å². The SMILES string of the molecule is CCCCCCCCCC(CBr)(CBr)c1ccccc1Br. The summed E-state index contributed by atoms with van der Waals surface area (Å²) in [6.45, 7) is 2.28. The first-order chi connectivity index (χ1) is 10.2. The molecule has 0 aliphatic heterocycles. The first kappa shape index (κ1) is 19.7. The molecular formula is C18H27Br3. The molecule has 3 heteroatoms. The van der Waals surface area contributed by atoms with Crippen molar-refractivity contribution < 1.29 is 0 Å². The van der Waals surface area contributed by atoms with Crippen molar-refractivity contribution >= 4 is 47.8 Å². The lowest BCUT2D eigenvalue weighted by molar-refractivity contribution is 0.459. The molecule has 0 saturated heterocycles. The summed E-state index contributed by atoms with van der Waals surface area (Å²) in [6.07, 6.45) is 10.8. The van der Waals surface area contributed by atoms with Gasteiger partial charge in [-0.2, -0.15) is 0 Å². The third-order valence-corrected chi connectivity index (χ3v) is 7.05. The van der Waals surface area contributed by atoms with Gasteiger partial charge in [-0.25, -0.2) is 0 Å². The standard InChI is InChI=1S/C18H27Br3/c1-2-3-4-5-6-7-10-13-18(14-19,15-20)16-11-8-9-12-17(16)21/h8-9,11-12H,2-7,10,13-15H2,1H3. The predicted octanol–water partition coefficient (Wildman–Crippen LogP) is 7.62. The molecule has 0 amide bonds. The Morgan fingerprint density at radius 2 is 1.43 bits per heavy atom. The first-order valence-electron chi connectivity index (χ1n) is 8.07. The maximum Gasteiger partial charge on any atom is 0.0213 e. The molecule has 0 heterocycles. The third kappa shape index (κ3) is 6.35. The minimum Gasteiger partial charge on any atom is -0.0918 e. The van der Waals surface area contributed by atoms with Crippen molar-refractivity contribution in [2.45, 2.75) is 63.7 Å². The van der Waals surface area contributed by atoms with Crippen molar-refractivity contribution in [2.24, 2.45) is 0 Å². The third-order valence-electron chi connectivity index (χ3n) is 4.22. The molecule has 21 heavy (non-hydrogen) atoms. The Hall–Kier alpha value is 0.660. The number of hydrogen-bond acceptors (Lipinski definition) is 0. The zero-order chi connectivity index (χ0) is 15.6. The van der Waals surface area contributed by atoms with Crippen LogP contribution in [0.2, 0.25) is 0 Å². The Morgan fingerprint density at radius 3 is 2.00 bits per heavy atom. The van der Waals surface area contributed by atoms with Crippen LogP contribution in [0.1, 0.15) is 63.9 Å². The van der Waals surface area contributed by atoms with Crippen LogP contribution in [0.4, 0.5) is 0 Å². The highest BCUT2D eigenvalue weighted by Crippen LogP contribution is 2.38. The number of benzene rings is 1. The topological polar surface area (TPSA) is 0 Å². The lowest BCUT2D eigenvalue weighted by atomic mass is 9.80. The molecule has 120 valence electrons. The molecule has 0 bridgehead atoms. The van der Waals surface area contributed by atoms with E-state index < -0.39 is 0 Å². The average molecular weight is 483 g/mol. The van der Waals surface area contributed by atoms with Crippen LogP contribution in [-0.4, -0.2) is 10.7 Å². The quantitative estimate of drug-likeness (QED) is 0.225. The summed E-state index contributed by atoms with van der Waals surface area (Å²) in [5.74, 6) is 0. The van der Waals surface area contributed by atoms with Crippen LogP contribution >= 0.6 is 47.8 Å². The molecular weight excluding hydrogens is 456 g/mol. The van der Waals surface area contributed by atoms with E-state index in [2.05, 4.69) is 79.0 Å². The van der Waals surface area contributed by atoms with Crippen molar-refractivity contribution in [2.75, 3.05) is 10.7 Å². The van der Waals surface area contributed by atoms with E-state index in [4.69, 9.17) is 0 Å². The van der Waals surface area contributed by atoms with Crippen LogP contribution < -0.4 is 0 Å². The summed E-state index contributed by atoms with van der Waals surface area (Å²) in [7, 11) is 0. The number of halogens is 3. The van der Waals surface area contributed by atoms with Gasteiger partial charge < -0.3 is 0 Å². The average Bonchev–Trinajstić information content (AvgIpc) is 2.52. The van der Waals surface area contributed by atoms with Gasteiger partial charge in [0.2, 0.25) is 0 Å². The van der Waals surface area contributed by atoms with Gasteiger partial charge in [-0.05, 0) is 18.1 Å². The van der Waals surface area contributed by atoms with Gasteiger partial charge in [-0.1, -0.05) is 118 Å². The zero-order valence-electron chi connectivity index (χ0n) is 13.0. The van der Waals surface area contributed by atoms with Gasteiger partial charge in [0, 0.05) is 20.5 Å². The maximum atomic E-state index is 3.76. The molecule has 0 atom stereocenters. The van der Waals surface area contributed by atoms with Gasteiger partial charge in [-0.15, -0.1) is 0 Å². The summed E-state index contributed by atoms with van der Waals surface area (Å²) in [5.41, 5.74) is 1.62. The van der Waals surface area contributed by atoms with E-state index >= 15 is 0 Å². The van der Waals surface area contributed by atoms with Gasteiger partial charge in [-0.3, -0.25) is 0 Å². The predicted molar refractivity (Wildman–Crippen MR) is 106 cm³/mol. The molecule has 0 saturated carbocycles. The number of alkyl halides is 2. The van der Waals surface area contributed by atoms with Gasteiger partial charge in [0.15, 0.2) is 0 Å². The van der Waals surface area contributed by atoms with E-state index in [-0.39, 0.29) is 5.41 Å². The monoisotopic (exact) mass is 480 g/mol. The van der Waals surface area contributed by atoms with Crippen molar-refractivity contribution in [1.29, 1.82) is 0 Å². The smallest absolute Gasteiger partial charge is 0.0213 e. The lowest BCUT2D eigenvalue weighted by Crippen LogP contribution is -2.30. The van der Waals surface area contributed by atoms with Crippen LogP contribution in [0.5, 0.6) is 0 Å². The highest BCUT2D eigenvalue weighted by atomic mass is 79.9. The Bertz CT molecular complexity index is 386. The molecule has 0 nitrogen and oxygen atoms in total. The molecule has 0 fully saturated rings. The molecule has 0 aliphatic rings. The van der Waals surface area contributed by atoms with Gasteiger partial charge in [0.1, 0.15) is 0 Å². The number of unbranched alkanes of at least 4 members (excludes halogenated alkanes) is 6. The second-order valence-electron chi connectivity index (χ2n) is 5.90. The van der Waals surface area contributed by atoms with E-state index in [0.29, 0.717) is 0 Å². The first-order valence-corrected chi connectivity index (χ1v) is 11.1. The Kier molecular flexibility index (Phi) is 10.5. The molecule has 1 aromatic rings. The number of rotatable bonds is 11. The molecule has 0 radical (unpaired) electrons. The van der Waals surface area contributed by atoms with Crippen molar-refractivity contribution in [3.05, 3.63) is 34.3 Å². The van der Waals surface area contributed by atoms with E-state index in [9.17, 15) is 0 Å². The minimum atomic E-state index is 0.198. The molecule has 0 N–H and O–H groups in total.